The molecule has 1 fully saturated rings. The van der Waals surface area contributed by atoms with Gasteiger partial charge in [-0.2, -0.15) is 0 Å². The number of aliphatic carboxylic acids is 1. The van der Waals surface area contributed by atoms with Crippen LogP contribution >= 0.6 is 15.9 Å². The predicted octanol–water partition coefficient (Wildman–Crippen LogP) is 2.43. The molecule has 1 aromatic rings. The summed E-state index contributed by atoms with van der Waals surface area (Å²) in [6.45, 7) is 2.69. The Balaban J connectivity index is 2.12. The molecule has 0 saturated carbocycles. The molecule has 0 aliphatic carbocycles. The number of nitrogens with zero attached hydrogens (tertiary/aromatic N) is 2. The van der Waals surface area contributed by atoms with Gasteiger partial charge in [0, 0.05) is 29.3 Å². The molecule has 1 aromatic carbocycles. The van der Waals surface area contributed by atoms with Crippen molar-refractivity contribution in [2.45, 2.75) is 18.9 Å². The second-order valence-electron chi connectivity index (χ2n) is 5.01. The van der Waals surface area contributed by atoms with Crippen LogP contribution in [0.3, 0.4) is 0 Å². The lowest BCUT2D eigenvalue weighted by molar-refractivity contribution is -0.138. The smallest absolute Gasteiger partial charge is 0.305 e. The number of hydrogen-bond acceptors (Lipinski definition) is 3. The molecule has 5 heteroatoms. The van der Waals surface area contributed by atoms with Gasteiger partial charge in [0.05, 0.1) is 6.42 Å². The maximum atomic E-state index is 11.0. The van der Waals surface area contributed by atoms with E-state index >= 15 is 0 Å². The Morgan fingerprint density at radius 1 is 1.37 bits per heavy atom. The summed E-state index contributed by atoms with van der Waals surface area (Å²) in [7, 11) is 2.01. The van der Waals surface area contributed by atoms with Crippen LogP contribution in [0.25, 0.3) is 0 Å². The van der Waals surface area contributed by atoms with Crippen molar-refractivity contribution in [2.24, 2.45) is 0 Å². The number of likely N-dealkylation sites (N-methyl/N-ethyl adjacent to an activating group) is 1. The van der Waals surface area contributed by atoms with E-state index in [0.29, 0.717) is 0 Å². The molecule has 1 aliphatic heterocycles. The summed E-state index contributed by atoms with van der Waals surface area (Å²) in [5.74, 6) is -0.727. The third kappa shape index (κ3) is 3.94. The first-order valence-corrected chi connectivity index (χ1v) is 7.28. The Morgan fingerprint density at radius 3 is 2.68 bits per heavy atom. The third-order valence-corrected chi connectivity index (χ3v) is 4.12. The minimum Gasteiger partial charge on any atom is -0.481 e. The van der Waals surface area contributed by atoms with Crippen LogP contribution in [0.15, 0.2) is 28.7 Å². The highest BCUT2D eigenvalue weighted by Crippen LogP contribution is 2.22. The summed E-state index contributed by atoms with van der Waals surface area (Å²) in [5, 5.41) is 9.02. The molecule has 1 aliphatic rings. The van der Waals surface area contributed by atoms with Crippen LogP contribution in [0.2, 0.25) is 0 Å². The van der Waals surface area contributed by atoms with Gasteiger partial charge in [0.25, 0.3) is 0 Å². The number of carboxylic acid groups (broad SMARTS) is 1. The van der Waals surface area contributed by atoms with E-state index in [1.165, 1.54) is 0 Å². The number of benzene rings is 1. The summed E-state index contributed by atoms with van der Waals surface area (Å²) in [5.41, 5.74) is 1.16. The fraction of sp³-hybridized carbons (Fsp3) is 0.500. The topological polar surface area (TPSA) is 43.8 Å². The molecule has 19 heavy (non-hydrogen) atoms. The molecular formula is C14H19BrN2O2. The quantitative estimate of drug-likeness (QED) is 0.926. The van der Waals surface area contributed by atoms with Crippen molar-refractivity contribution >= 4 is 27.6 Å². The average Bonchev–Trinajstić information content (AvgIpc) is 2.53. The van der Waals surface area contributed by atoms with Crippen LogP contribution in [0.5, 0.6) is 0 Å². The van der Waals surface area contributed by atoms with E-state index in [1.807, 2.05) is 19.2 Å². The van der Waals surface area contributed by atoms with Crippen molar-refractivity contribution < 1.29 is 9.90 Å². The molecule has 1 unspecified atom stereocenters. The Bertz CT molecular complexity index is 436. The zero-order valence-corrected chi connectivity index (χ0v) is 12.6. The molecule has 4 nitrogen and oxygen atoms in total. The Labute approximate surface area is 122 Å². The van der Waals surface area contributed by atoms with E-state index in [0.717, 1.165) is 36.2 Å². The molecule has 1 heterocycles. The zero-order chi connectivity index (χ0) is 13.8. The van der Waals surface area contributed by atoms with Gasteiger partial charge in [-0.3, -0.25) is 4.79 Å². The minimum absolute atomic E-state index is 0.0728. The Kier molecular flexibility index (Phi) is 4.82. The Morgan fingerprint density at radius 2 is 2.05 bits per heavy atom. The van der Waals surface area contributed by atoms with Gasteiger partial charge in [-0.05, 0) is 44.3 Å². The van der Waals surface area contributed by atoms with Gasteiger partial charge in [-0.1, -0.05) is 15.9 Å². The summed E-state index contributed by atoms with van der Waals surface area (Å²) in [6.07, 6.45) is 1.26. The highest BCUT2D eigenvalue weighted by Gasteiger charge is 2.24. The maximum absolute atomic E-state index is 11.0. The van der Waals surface area contributed by atoms with Crippen LogP contribution in [0, 0.1) is 0 Å². The van der Waals surface area contributed by atoms with Gasteiger partial charge in [-0.15, -0.1) is 0 Å². The van der Waals surface area contributed by atoms with Gasteiger partial charge in [-0.25, -0.2) is 0 Å². The summed E-state index contributed by atoms with van der Waals surface area (Å²) >= 11 is 3.43. The lowest BCUT2D eigenvalue weighted by Crippen LogP contribution is -2.40. The number of carbonyl (C=O) groups is 1. The highest BCUT2D eigenvalue weighted by atomic mass is 79.9. The fourth-order valence-corrected chi connectivity index (χ4v) is 2.75. The maximum Gasteiger partial charge on any atom is 0.305 e. The van der Waals surface area contributed by atoms with Gasteiger partial charge < -0.3 is 14.9 Å². The van der Waals surface area contributed by atoms with E-state index in [4.69, 9.17) is 5.11 Å². The lowest BCUT2D eigenvalue weighted by atomic mass is 10.1. The van der Waals surface area contributed by atoms with Crippen LogP contribution in [-0.2, 0) is 4.79 Å². The van der Waals surface area contributed by atoms with Crippen LogP contribution in [0.1, 0.15) is 12.8 Å². The van der Waals surface area contributed by atoms with Gasteiger partial charge in [0.2, 0.25) is 0 Å². The first-order valence-electron chi connectivity index (χ1n) is 6.49. The summed E-state index contributed by atoms with van der Waals surface area (Å²) < 4.78 is 1.06. The first kappa shape index (κ1) is 14.3. The van der Waals surface area contributed by atoms with E-state index in [9.17, 15) is 4.79 Å². The molecule has 0 amide bonds. The molecule has 0 spiro atoms. The summed E-state index contributed by atoms with van der Waals surface area (Å²) in [6, 6.07) is 8.27. The average molecular weight is 327 g/mol. The van der Waals surface area contributed by atoms with E-state index < -0.39 is 5.97 Å². The van der Waals surface area contributed by atoms with Gasteiger partial charge in [0.15, 0.2) is 0 Å². The predicted molar refractivity (Wildman–Crippen MR) is 79.6 cm³/mol. The van der Waals surface area contributed by atoms with E-state index in [-0.39, 0.29) is 12.5 Å². The lowest BCUT2D eigenvalue weighted by Gasteiger charge is -2.29. The fourth-order valence-electron chi connectivity index (χ4n) is 2.49. The number of halogens is 1. The molecule has 0 radical (unpaired) electrons. The molecule has 1 atom stereocenters. The molecule has 2 rings (SSSR count). The number of anilines is 1. The van der Waals surface area contributed by atoms with Crippen molar-refractivity contribution in [1.82, 2.24) is 4.90 Å². The van der Waals surface area contributed by atoms with Crippen LogP contribution in [-0.4, -0.2) is 48.7 Å². The molecule has 104 valence electrons. The monoisotopic (exact) mass is 326 g/mol. The summed E-state index contributed by atoms with van der Waals surface area (Å²) in [4.78, 5) is 15.4. The number of rotatable bonds is 3. The van der Waals surface area contributed by atoms with E-state index in [1.54, 1.807) is 0 Å². The standard InChI is InChI=1S/C14H19BrN2O2/c1-16-7-2-8-17(10-13(16)9-14(18)19)12-5-3-11(15)4-6-12/h3-6,13H,2,7-10H2,1H3,(H,18,19). The molecule has 1 N–H and O–H groups in total. The molecule has 0 aromatic heterocycles. The van der Waals surface area contributed by atoms with Crippen LogP contribution < -0.4 is 4.90 Å². The molecular weight excluding hydrogens is 308 g/mol. The van der Waals surface area contributed by atoms with Gasteiger partial charge >= 0.3 is 5.97 Å². The van der Waals surface area contributed by atoms with Crippen molar-refractivity contribution in [1.29, 1.82) is 0 Å². The Hall–Kier alpha value is -1.07. The van der Waals surface area contributed by atoms with Gasteiger partial charge in [0.1, 0.15) is 0 Å². The molecule has 1 saturated heterocycles. The SMILES string of the molecule is CN1CCCN(c2ccc(Br)cc2)CC1CC(=O)O. The highest BCUT2D eigenvalue weighted by molar-refractivity contribution is 9.10. The first-order chi connectivity index (χ1) is 9.06. The van der Waals surface area contributed by atoms with Crippen molar-refractivity contribution in [3.63, 3.8) is 0 Å². The van der Waals surface area contributed by atoms with Crippen molar-refractivity contribution in [2.75, 3.05) is 31.6 Å². The second kappa shape index (κ2) is 6.39. The zero-order valence-electron chi connectivity index (χ0n) is 11.1. The number of hydrogen-bond donors (Lipinski definition) is 1. The van der Waals surface area contributed by atoms with Crippen molar-refractivity contribution in [3.05, 3.63) is 28.7 Å². The minimum atomic E-state index is -0.727. The largest absolute Gasteiger partial charge is 0.481 e. The second-order valence-corrected chi connectivity index (χ2v) is 5.92. The van der Waals surface area contributed by atoms with Crippen LogP contribution in [0.4, 0.5) is 5.69 Å². The third-order valence-electron chi connectivity index (χ3n) is 3.60. The normalized spacial score (nSPS) is 21.2. The van der Waals surface area contributed by atoms with Crippen molar-refractivity contribution in [3.8, 4) is 0 Å². The molecule has 0 bridgehead atoms. The van der Waals surface area contributed by atoms with E-state index in [2.05, 4.69) is 37.9 Å². The number of carboxylic acids is 1.